The average molecular weight is 472 g/mol. The van der Waals surface area contributed by atoms with Gasteiger partial charge in [0.1, 0.15) is 5.82 Å². The Bertz CT molecular complexity index is 698. The van der Waals surface area contributed by atoms with E-state index >= 15 is 0 Å². The second-order valence-corrected chi connectivity index (χ2v) is 10.4. The fourth-order valence-corrected chi connectivity index (χ4v) is 5.39. The molecule has 0 aliphatic carbocycles. The Balaban J connectivity index is 1.47. The zero-order valence-electron chi connectivity index (χ0n) is 21.6. The third-order valence-corrected chi connectivity index (χ3v) is 7.59. The van der Waals surface area contributed by atoms with Crippen molar-refractivity contribution in [3.05, 3.63) is 41.7 Å². The molecule has 3 nitrogen and oxygen atoms in total. The van der Waals surface area contributed by atoms with Crippen molar-refractivity contribution in [2.75, 3.05) is 0 Å². The summed E-state index contributed by atoms with van der Waals surface area (Å²) in [5, 5.41) is 9.98. The summed E-state index contributed by atoms with van der Waals surface area (Å²) in [6.45, 7) is 5.54. The maximum atomic E-state index is 4.47. The Hall–Kier alpha value is -1.29. The number of rotatable bonds is 21. The first kappa shape index (κ1) is 28.0. The maximum absolute atomic E-state index is 4.47. The molecular formula is C29H49N3S. The molecule has 0 atom stereocenters. The molecule has 186 valence electrons. The summed E-state index contributed by atoms with van der Waals surface area (Å²) >= 11 is 1.81. The van der Waals surface area contributed by atoms with Gasteiger partial charge in [-0.25, -0.2) is 0 Å². The van der Waals surface area contributed by atoms with Crippen molar-refractivity contribution in [3.8, 4) is 0 Å². The van der Waals surface area contributed by atoms with E-state index in [1.54, 1.807) is 0 Å². The van der Waals surface area contributed by atoms with E-state index in [-0.39, 0.29) is 0 Å². The number of thioether (sulfide) groups is 1. The van der Waals surface area contributed by atoms with E-state index in [0.717, 1.165) is 29.7 Å². The van der Waals surface area contributed by atoms with Crippen LogP contribution < -0.4 is 0 Å². The van der Waals surface area contributed by atoms with E-state index in [1.807, 2.05) is 11.8 Å². The lowest BCUT2D eigenvalue weighted by Gasteiger charge is -2.09. The molecule has 0 saturated carbocycles. The first-order valence-corrected chi connectivity index (χ1v) is 14.9. The molecule has 1 aromatic carbocycles. The summed E-state index contributed by atoms with van der Waals surface area (Å²) in [4.78, 5) is 0. The van der Waals surface area contributed by atoms with Crippen LogP contribution in [0, 0.1) is 0 Å². The zero-order chi connectivity index (χ0) is 23.4. The number of unbranched alkanes of at least 4 members (excludes halogenated alkanes) is 15. The van der Waals surface area contributed by atoms with E-state index in [4.69, 9.17) is 0 Å². The number of aromatic nitrogens is 3. The molecule has 1 aromatic heterocycles. The summed E-state index contributed by atoms with van der Waals surface area (Å²) in [5.74, 6) is 2.09. The van der Waals surface area contributed by atoms with Crippen LogP contribution in [0.5, 0.6) is 0 Å². The van der Waals surface area contributed by atoms with Crippen LogP contribution in [0.1, 0.15) is 128 Å². The lowest BCUT2D eigenvalue weighted by Crippen LogP contribution is -2.05. The lowest BCUT2D eigenvalue weighted by atomic mass is 10.0. The quantitative estimate of drug-likeness (QED) is 0.134. The van der Waals surface area contributed by atoms with Gasteiger partial charge in [0.2, 0.25) is 0 Å². The van der Waals surface area contributed by atoms with Crippen LogP contribution in [0.15, 0.2) is 35.5 Å². The second kappa shape index (κ2) is 19.1. The van der Waals surface area contributed by atoms with E-state index in [1.165, 1.54) is 108 Å². The largest absolute Gasteiger partial charge is 0.306 e. The van der Waals surface area contributed by atoms with Gasteiger partial charge in [0.05, 0.1) is 0 Å². The molecule has 0 aliphatic heterocycles. The molecule has 1 heterocycles. The first-order valence-electron chi connectivity index (χ1n) is 13.9. The van der Waals surface area contributed by atoms with Crippen LogP contribution in [0.2, 0.25) is 0 Å². The van der Waals surface area contributed by atoms with Crippen LogP contribution >= 0.6 is 11.8 Å². The van der Waals surface area contributed by atoms with Gasteiger partial charge in [-0.1, -0.05) is 152 Å². The topological polar surface area (TPSA) is 30.7 Å². The summed E-state index contributed by atoms with van der Waals surface area (Å²) in [6, 6.07) is 10.7. The molecule has 0 radical (unpaired) electrons. The van der Waals surface area contributed by atoms with Gasteiger partial charge in [0, 0.05) is 18.7 Å². The molecule has 4 heteroatoms. The Morgan fingerprint density at radius 1 is 0.636 bits per heavy atom. The first-order chi connectivity index (χ1) is 16.3. The summed E-state index contributed by atoms with van der Waals surface area (Å²) in [5.41, 5.74) is 1.34. The third-order valence-electron chi connectivity index (χ3n) is 6.56. The third kappa shape index (κ3) is 12.7. The molecule has 0 bridgehead atoms. The van der Waals surface area contributed by atoms with Gasteiger partial charge in [-0.2, -0.15) is 0 Å². The van der Waals surface area contributed by atoms with Gasteiger partial charge in [-0.15, -0.1) is 10.2 Å². The normalized spacial score (nSPS) is 11.3. The van der Waals surface area contributed by atoms with Gasteiger partial charge in [-0.3, -0.25) is 0 Å². The van der Waals surface area contributed by atoms with Crippen molar-refractivity contribution in [3.63, 3.8) is 0 Å². The molecule has 0 amide bonds. The minimum Gasteiger partial charge on any atom is -0.306 e. The molecule has 0 saturated heterocycles. The van der Waals surface area contributed by atoms with Crippen molar-refractivity contribution in [2.24, 2.45) is 0 Å². The molecule has 0 unspecified atom stereocenters. The van der Waals surface area contributed by atoms with Crippen LogP contribution in [0.4, 0.5) is 0 Å². The van der Waals surface area contributed by atoms with Crippen molar-refractivity contribution in [2.45, 2.75) is 140 Å². The Labute approximate surface area is 208 Å². The van der Waals surface area contributed by atoms with E-state index in [9.17, 15) is 0 Å². The number of aryl methyl sites for hydroxylation is 1. The van der Waals surface area contributed by atoms with E-state index < -0.39 is 0 Å². The monoisotopic (exact) mass is 471 g/mol. The van der Waals surface area contributed by atoms with Gasteiger partial charge < -0.3 is 4.57 Å². The summed E-state index contributed by atoms with van der Waals surface area (Å²) in [7, 11) is 0. The Kier molecular flexibility index (Phi) is 16.1. The van der Waals surface area contributed by atoms with Crippen LogP contribution in [0.3, 0.4) is 0 Å². The molecule has 2 rings (SSSR count). The molecule has 2 aromatic rings. The predicted molar refractivity (Wildman–Crippen MR) is 145 cm³/mol. The minimum absolute atomic E-state index is 0.956. The Morgan fingerprint density at radius 3 is 1.67 bits per heavy atom. The fraction of sp³-hybridized carbons (Fsp3) is 0.724. The van der Waals surface area contributed by atoms with Crippen molar-refractivity contribution < 1.29 is 0 Å². The second-order valence-electron chi connectivity index (χ2n) is 9.48. The SMILES string of the molecule is CCCCCCCCCCCCCCCCCCn1c(CC)nnc1SCc1ccccc1. The highest BCUT2D eigenvalue weighted by Crippen LogP contribution is 2.23. The smallest absolute Gasteiger partial charge is 0.191 e. The highest BCUT2D eigenvalue weighted by atomic mass is 32.2. The highest BCUT2D eigenvalue weighted by Gasteiger charge is 2.11. The van der Waals surface area contributed by atoms with Crippen LogP contribution in [-0.4, -0.2) is 14.8 Å². The van der Waals surface area contributed by atoms with Gasteiger partial charge in [-0.05, 0) is 12.0 Å². The summed E-state index contributed by atoms with van der Waals surface area (Å²) in [6.07, 6.45) is 23.6. The van der Waals surface area contributed by atoms with Crippen LogP contribution in [-0.2, 0) is 18.7 Å². The molecular weight excluding hydrogens is 422 g/mol. The highest BCUT2D eigenvalue weighted by molar-refractivity contribution is 7.98. The molecule has 0 spiro atoms. The molecule has 0 N–H and O–H groups in total. The fourth-order valence-electron chi connectivity index (χ4n) is 4.45. The van der Waals surface area contributed by atoms with Gasteiger partial charge >= 0.3 is 0 Å². The van der Waals surface area contributed by atoms with Crippen molar-refractivity contribution in [1.29, 1.82) is 0 Å². The molecule has 0 fully saturated rings. The Morgan fingerprint density at radius 2 is 1.15 bits per heavy atom. The molecule has 33 heavy (non-hydrogen) atoms. The zero-order valence-corrected chi connectivity index (χ0v) is 22.4. The van der Waals surface area contributed by atoms with E-state index in [2.05, 4.69) is 58.9 Å². The number of hydrogen-bond acceptors (Lipinski definition) is 3. The molecule has 0 aliphatic rings. The van der Waals surface area contributed by atoms with E-state index in [0.29, 0.717) is 0 Å². The summed E-state index contributed by atoms with van der Waals surface area (Å²) < 4.78 is 2.36. The minimum atomic E-state index is 0.956. The standard InChI is InChI=1S/C29H49N3S/c1-3-5-6-7-8-9-10-11-12-13-14-15-16-17-18-22-25-32-28(4-2)30-31-29(32)33-26-27-23-20-19-21-24-27/h19-21,23-24H,3-18,22,25-26H2,1-2H3. The lowest BCUT2D eigenvalue weighted by molar-refractivity contribution is 0.508. The van der Waals surface area contributed by atoms with Crippen molar-refractivity contribution in [1.82, 2.24) is 14.8 Å². The van der Waals surface area contributed by atoms with Gasteiger partial charge in [0.15, 0.2) is 5.16 Å². The number of hydrogen-bond donors (Lipinski definition) is 0. The van der Waals surface area contributed by atoms with Gasteiger partial charge in [0.25, 0.3) is 0 Å². The number of benzene rings is 1. The average Bonchev–Trinajstić information content (AvgIpc) is 3.24. The maximum Gasteiger partial charge on any atom is 0.191 e. The number of nitrogens with zero attached hydrogens (tertiary/aromatic N) is 3. The van der Waals surface area contributed by atoms with Crippen molar-refractivity contribution >= 4 is 11.8 Å². The van der Waals surface area contributed by atoms with Crippen LogP contribution in [0.25, 0.3) is 0 Å². The predicted octanol–water partition coefficient (Wildman–Crippen LogP) is 9.39.